The lowest BCUT2D eigenvalue weighted by atomic mass is 9.91. The third kappa shape index (κ3) is 13.4. The molecule has 0 amide bonds. The Morgan fingerprint density at radius 3 is 1.80 bits per heavy atom. The van der Waals surface area contributed by atoms with E-state index in [1.807, 2.05) is 12.1 Å². The SMILES string of the molecule is C=C(C)C(=O)OCCCc1cc(-c2ccc3c(c2)CC(CCCCCC)C3)ccc1OCC(COC(=O)C(=C)C)(COC(=O)C(C)=O)COC(=O)C(C)=O. The Balaban J connectivity index is 1.94. The second-order valence-electron chi connectivity index (χ2n) is 14.4. The highest BCUT2D eigenvalue weighted by molar-refractivity contribution is 6.32. The van der Waals surface area contributed by atoms with Gasteiger partial charge < -0.3 is 23.7 Å². The van der Waals surface area contributed by atoms with Crippen LogP contribution in [0.3, 0.4) is 0 Å². The van der Waals surface area contributed by atoms with E-state index in [9.17, 15) is 28.8 Å². The fraction of sp³-hybridized carbons (Fsp3) is 0.488. The number of hydrogen-bond donors (Lipinski definition) is 0. The average molecular weight is 747 g/mol. The molecule has 0 saturated carbocycles. The highest BCUT2D eigenvalue weighted by Crippen LogP contribution is 2.35. The first kappa shape index (κ1) is 43.3. The number of carbonyl (C=O) groups excluding carboxylic acids is 6. The van der Waals surface area contributed by atoms with Gasteiger partial charge in [0.05, 0.1) is 6.61 Å². The van der Waals surface area contributed by atoms with E-state index in [1.165, 1.54) is 50.2 Å². The number of fused-ring (bicyclic) bond motifs is 1. The molecule has 3 rings (SSSR count). The fourth-order valence-electron chi connectivity index (χ4n) is 6.06. The summed E-state index contributed by atoms with van der Waals surface area (Å²) in [6.07, 6.45) is 9.28. The maximum atomic E-state index is 12.5. The number of unbranched alkanes of at least 4 members (excludes halogenated alkanes) is 3. The third-order valence-corrected chi connectivity index (χ3v) is 9.24. The average Bonchev–Trinajstić information content (AvgIpc) is 3.56. The zero-order valence-electron chi connectivity index (χ0n) is 32.3. The summed E-state index contributed by atoms with van der Waals surface area (Å²) in [5.74, 6) is -4.24. The molecule has 0 N–H and O–H groups in total. The maximum Gasteiger partial charge on any atom is 0.374 e. The predicted molar refractivity (Wildman–Crippen MR) is 203 cm³/mol. The van der Waals surface area contributed by atoms with Gasteiger partial charge in [-0.25, -0.2) is 19.2 Å². The molecule has 11 heteroatoms. The molecule has 0 spiro atoms. The van der Waals surface area contributed by atoms with Crippen LogP contribution in [0.1, 0.15) is 89.8 Å². The smallest absolute Gasteiger partial charge is 0.374 e. The third-order valence-electron chi connectivity index (χ3n) is 9.24. The fourth-order valence-corrected chi connectivity index (χ4v) is 6.06. The van der Waals surface area contributed by atoms with Gasteiger partial charge in [-0.2, -0.15) is 0 Å². The van der Waals surface area contributed by atoms with Gasteiger partial charge in [-0.15, -0.1) is 0 Å². The number of esters is 4. The van der Waals surface area contributed by atoms with Crippen molar-refractivity contribution in [3.05, 3.63) is 77.4 Å². The molecular weight excluding hydrogens is 692 g/mol. The Bertz CT molecular complexity index is 1650. The Morgan fingerprint density at radius 2 is 1.20 bits per heavy atom. The normalized spacial score (nSPS) is 13.3. The number of ketones is 2. The minimum absolute atomic E-state index is 0.0885. The standard InChI is InChI=1S/C43H54O11/c1-8-9-10-11-13-32-20-33-15-16-34(23-37(33)21-32)35-17-18-38(36(22-35)14-12-19-50-39(46)28(2)3)51-24-43(25-52-40(47)29(4)5,26-53-41(48)30(6)44)27-54-42(49)31(7)45/h15-18,22-23,32H,2,4,8-14,19-21,24-27H2,1,3,5-7H3. The molecule has 0 aromatic heterocycles. The molecule has 2 aromatic carbocycles. The lowest BCUT2D eigenvalue weighted by Crippen LogP contribution is -2.45. The van der Waals surface area contributed by atoms with E-state index in [-0.39, 0.29) is 18.8 Å². The van der Waals surface area contributed by atoms with Crippen molar-refractivity contribution >= 4 is 35.4 Å². The number of benzene rings is 2. The summed E-state index contributed by atoms with van der Waals surface area (Å²) in [6.45, 7) is 12.7. The lowest BCUT2D eigenvalue weighted by molar-refractivity contribution is -0.168. The topological polar surface area (TPSA) is 149 Å². The summed E-state index contributed by atoms with van der Waals surface area (Å²) in [6, 6.07) is 12.3. The number of carbonyl (C=O) groups is 6. The molecule has 1 aliphatic carbocycles. The minimum Gasteiger partial charge on any atom is -0.492 e. The van der Waals surface area contributed by atoms with Crippen LogP contribution in [-0.2, 0) is 67.0 Å². The Labute approximate surface area is 318 Å². The van der Waals surface area contributed by atoms with Gasteiger partial charge in [0.1, 0.15) is 37.6 Å². The number of rotatable bonds is 23. The largest absolute Gasteiger partial charge is 0.492 e. The number of ether oxygens (including phenoxy) is 5. The van der Waals surface area contributed by atoms with E-state index >= 15 is 0 Å². The van der Waals surface area contributed by atoms with E-state index in [4.69, 9.17) is 23.7 Å². The molecule has 0 heterocycles. The van der Waals surface area contributed by atoms with Gasteiger partial charge in [0.15, 0.2) is 0 Å². The maximum absolute atomic E-state index is 12.5. The highest BCUT2D eigenvalue weighted by atomic mass is 16.6. The molecule has 54 heavy (non-hydrogen) atoms. The van der Waals surface area contributed by atoms with Crippen LogP contribution >= 0.6 is 0 Å². The van der Waals surface area contributed by atoms with Gasteiger partial charge in [-0.3, -0.25) is 9.59 Å². The lowest BCUT2D eigenvalue weighted by Gasteiger charge is -2.32. The van der Waals surface area contributed by atoms with Crippen molar-refractivity contribution in [1.82, 2.24) is 0 Å². The Hall–Kier alpha value is -5.06. The molecule has 2 aromatic rings. The van der Waals surface area contributed by atoms with Gasteiger partial charge in [0.2, 0.25) is 11.6 Å². The number of aryl methyl sites for hydroxylation is 1. The summed E-state index contributed by atoms with van der Waals surface area (Å²) in [5.41, 5.74) is 4.36. The van der Waals surface area contributed by atoms with Crippen LogP contribution in [0.4, 0.5) is 0 Å². The van der Waals surface area contributed by atoms with Crippen molar-refractivity contribution in [2.75, 3.05) is 33.0 Å². The van der Waals surface area contributed by atoms with Crippen LogP contribution in [-0.4, -0.2) is 68.5 Å². The van der Waals surface area contributed by atoms with Gasteiger partial charge in [-0.05, 0) is 91.8 Å². The molecule has 0 fully saturated rings. The van der Waals surface area contributed by atoms with Gasteiger partial charge in [-0.1, -0.05) is 70.0 Å². The van der Waals surface area contributed by atoms with Crippen LogP contribution in [0.5, 0.6) is 5.75 Å². The Kier molecular flexibility index (Phi) is 16.8. The summed E-state index contributed by atoms with van der Waals surface area (Å²) < 4.78 is 27.6. The van der Waals surface area contributed by atoms with Crippen molar-refractivity contribution in [3.63, 3.8) is 0 Å². The first-order valence-corrected chi connectivity index (χ1v) is 18.5. The first-order chi connectivity index (χ1) is 25.6. The van der Waals surface area contributed by atoms with E-state index in [0.29, 0.717) is 30.1 Å². The van der Waals surface area contributed by atoms with Crippen LogP contribution in [0.2, 0.25) is 0 Å². The minimum atomic E-state index is -1.54. The zero-order valence-corrected chi connectivity index (χ0v) is 32.3. The summed E-state index contributed by atoms with van der Waals surface area (Å²) in [5, 5.41) is 0. The van der Waals surface area contributed by atoms with E-state index < -0.39 is 60.7 Å². The molecular formula is C43H54O11. The van der Waals surface area contributed by atoms with Crippen molar-refractivity contribution in [1.29, 1.82) is 0 Å². The molecule has 1 atom stereocenters. The van der Waals surface area contributed by atoms with Crippen molar-refractivity contribution in [2.24, 2.45) is 11.3 Å². The van der Waals surface area contributed by atoms with E-state index in [2.05, 4.69) is 38.3 Å². The zero-order chi connectivity index (χ0) is 39.8. The van der Waals surface area contributed by atoms with Crippen molar-refractivity contribution in [2.45, 2.75) is 92.4 Å². The van der Waals surface area contributed by atoms with Crippen LogP contribution in [0, 0.1) is 11.3 Å². The van der Waals surface area contributed by atoms with Gasteiger partial charge in [0.25, 0.3) is 0 Å². The number of Topliss-reactive ketones (excluding diaryl/α,β-unsaturated/α-hetero) is 2. The molecule has 0 bridgehead atoms. The van der Waals surface area contributed by atoms with Gasteiger partial charge in [0, 0.05) is 25.0 Å². The Morgan fingerprint density at radius 1 is 0.648 bits per heavy atom. The summed E-state index contributed by atoms with van der Waals surface area (Å²) >= 11 is 0. The quantitative estimate of drug-likeness (QED) is 0.0387. The predicted octanol–water partition coefficient (Wildman–Crippen LogP) is 6.84. The number of hydrogen-bond acceptors (Lipinski definition) is 11. The van der Waals surface area contributed by atoms with Crippen LogP contribution in [0.15, 0.2) is 60.7 Å². The molecule has 11 nitrogen and oxygen atoms in total. The summed E-state index contributed by atoms with van der Waals surface area (Å²) in [4.78, 5) is 72.4. The van der Waals surface area contributed by atoms with Crippen molar-refractivity contribution < 1.29 is 52.5 Å². The second-order valence-corrected chi connectivity index (χ2v) is 14.4. The monoisotopic (exact) mass is 746 g/mol. The molecule has 1 unspecified atom stereocenters. The van der Waals surface area contributed by atoms with Crippen molar-refractivity contribution in [3.8, 4) is 16.9 Å². The summed E-state index contributed by atoms with van der Waals surface area (Å²) in [7, 11) is 0. The molecule has 0 radical (unpaired) electrons. The molecule has 292 valence electrons. The highest BCUT2D eigenvalue weighted by Gasteiger charge is 2.38. The molecule has 1 aliphatic rings. The van der Waals surface area contributed by atoms with Gasteiger partial charge >= 0.3 is 23.9 Å². The molecule has 0 aliphatic heterocycles. The van der Waals surface area contributed by atoms with E-state index in [0.717, 1.165) is 43.4 Å². The molecule has 0 saturated heterocycles. The van der Waals surface area contributed by atoms with E-state index in [1.54, 1.807) is 13.0 Å². The first-order valence-electron chi connectivity index (χ1n) is 18.5. The van der Waals surface area contributed by atoms with Crippen LogP contribution < -0.4 is 4.74 Å². The van der Waals surface area contributed by atoms with Crippen LogP contribution in [0.25, 0.3) is 11.1 Å². The second kappa shape index (κ2) is 21.0.